The van der Waals surface area contributed by atoms with Gasteiger partial charge in [0, 0.05) is 0 Å². The Morgan fingerprint density at radius 1 is 1.06 bits per heavy atom. The maximum absolute atomic E-state index is 2.50. The van der Waals surface area contributed by atoms with Gasteiger partial charge in [0.25, 0.3) is 0 Å². The fourth-order valence-electron chi connectivity index (χ4n) is 4.32. The van der Waals surface area contributed by atoms with Gasteiger partial charge in [-0.3, -0.25) is 0 Å². The third kappa shape index (κ3) is 3.31. The standard InChI is InChI=1S/C16H30.C2H6/c1-6-15(4,5)13-10-14(2,3)12-16(11-13)8-7-9-16;1-2/h13H,6-12H2,1-5H3;1-2H3. The minimum Gasteiger partial charge on any atom is -0.0683 e. The molecule has 2 aliphatic rings. The molecule has 0 heteroatoms. The minimum absolute atomic E-state index is 0.556. The van der Waals surface area contributed by atoms with Crippen LogP contribution in [-0.2, 0) is 0 Å². The molecule has 18 heavy (non-hydrogen) atoms. The van der Waals surface area contributed by atoms with Crippen LogP contribution in [0.4, 0.5) is 0 Å². The topological polar surface area (TPSA) is 0 Å². The Hall–Kier alpha value is 0. The summed E-state index contributed by atoms with van der Waals surface area (Å²) >= 11 is 0. The molecule has 1 spiro atoms. The van der Waals surface area contributed by atoms with E-state index in [1.807, 2.05) is 13.8 Å². The molecule has 0 N–H and O–H groups in total. The zero-order valence-corrected chi connectivity index (χ0v) is 14.0. The van der Waals surface area contributed by atoms with Crippen molar-refractivity contribution in [3.8, 4) is 0 Å². The normalized spacial score (nSPS) is 29.2. The van der Waals surface area contributed by atoms with Gasteiger partial charge in [-0.25, -0.2) is 0 Å². The van der Waals surface area contributed by atoms with Crippen molar-refractivity contribution in [3.05, 3.63) is 0 Å². The highest BCUT2D eigenvalue weighted by atomic mass is 14.5. The lowest BCUT2D eigenvalue weighted by Crippen LogP contribution is -2.45. The van der Waals surface area contributed by atoms with Gasteiger partial charge in [0.05, 0.1) is 0 Å². The minimum atomic E-state index is 0.556. The van der Waals surface area contributed by atoms with Crippen LogP contribution in [0.25, 0.3) is 0 Å². The van der Waals surface area contributed by atoms with E-state index < -0.39 is 0 Å². The van der Waals surface area contributed by atoms with Crippen molar-refractivity contribution in [2.45, 2.75) is 93.4 Å². The maximum Gasteiger partial charge on any atom is -0.0290 e. The van der Waals surface area contributed by atoms with Crippen LogP contribution < -0.4 is 0 Å². The first-order chi connectivity index (χ1) is 8.29. The van der Waals surface area contributed by atoms with Gasteiger partial charge in [-0.05, 0) is 54.3 Å². The van der Waals surface area contributed by atoms with Crippen molar-refractivity contribution in [1.82, 2.24) is 0 Å². The lowest BCUT2D eigenvalue weighted by molar-refractivity contribution is -0.0544. The van der Waals surface area contributed by atoms with Gasteiger partial charge >= 0.3 is 0 Å². The van der Waals surface area contributed by atoms with Crippen LogP contribution in [0, 0.1) is 22.2 Å². The van der Waals surface area contributed by atoms with E-state index in [1.54, 1.807) is 0 Å². The Bertz CT molecular complexity index is 255. The van der Waals surface area contributed by atoms with Crippen molar-refractivity contribution in [2.24, 2.45) is 22.2 Å². The maximum atomic E-state index is 2.50. The molecule has 0 radical (unpaired) electrons. The van der Waals surface area contributed by atoms with Crippen LogP contribution >= 0.6 is 0 Å². The molecule has 2 fully saturated rings. The molecule has 0 aromatic rings. The first-order valence-electron chi connectivity index (χ1n) is 8.29. The Balaban J connectivity index is 0.000000771. The van der Waals surface area contributed by atoms with E-state index in [-0.39, 0.29) is 0 Å². The fourth-order valence-corrected chi connectivity index (χ4v) is 4.32. The zero-order chi connectivity index (χ0) is 14.0. The Kier molecular flexibility index (Phi) is 4.95. The van der Waals surface area contributed by atoms with Crippen LogP contribution in [0.1, 0.15) is 93.4 Å². The van der Waals surface area contributed by atoms with Gasteiger partial charge in [-0.2, -0.15) is 0 Å². The summed E-state index contributed by atoms with van der Waals surface area (Å²) < 4.78 is 0. The van der Waals surface area contributed by atoms with Crippen LogP contribution in [0.15, 0.2) is 0 Å². The van der Waals surface area contributed by atoms with Crippen molar-refractivity contribution >= 4 is 0 Å². The monoisotopic (exact) mass is 252 g/mol. The van der Waals surface area contributed by atoms with Gasteiger partial charge in [0.1, 0.15) is 0 Å². The van der Waals surface area contributed by atoms with E-state index in [2.05, 4.69) is 34.6 Å². The second kappa shape index (κ2) is 5.55. The van der Waals surface area contributed by atoms with Gasteiger partial charge in [0.2, 0.25) is 0 Å². The molecule has 0 heterocycles. The van der Waals surface area contributed by atoms with Gasteiger partial charge in [-0.1, -0.05) is 61.3 Å². The first-order valence-corrected chi connectivity index (χ1v) is 8.29. The predicted octanol–water partition coefficient (Wildman–Crippen LogP) is 6.45. The fraction of sp³-hybridized carbons (Fsp3) is 1.00. The molecule has 0 amide bonds. The largest absolute Gasteiger partial charge is 0.0683 e. The summed E-state index contributed by atoms with van der Waals surface area (Å²) in [5.74, 6) is 0.960. The number of hydrogen-bond donors (Lipinski definition) is 0. The van der Waals surface area contributed by atoms with E-state index in [0.717, 1.165) is 11.3 Å². The molecule has 0 aromatic carbocycles. The average Bonchev–Trinajstić information content (AvgIpc) is 2.27. The summed E-state index contributed by atoms with van der Waals surface area (Å²) in [5, 5.41) is 0. The summed E-state index contributed by atoms with van der Waals surface area (Å²) in [7, 11) is 0. The third-order valence-electron chi connectivity index (χ3n) is 5.76. The zero-order valence-electron chi connectivity index (χ0n) is 14.0. The second-order valence-corrected chi connectivity index (χ2v) is 8.14. The summed E-state index contributed by atoms with van der Waals surface area (Å²) in [6.07, 6.45) is 10.3. The Labute approximate surface area is 116 Å². The highest BCUT2D eigenvalue weighted by Gasteiger charge is 2.49. The van der Waals surface area contributed by atoms with Crippen molar-refractivity contribution < 1.29 is 0 Å². The molecule has 2 aliphatic carbocycles. The van der Waals surface area contributed by atoms with E-state index in [0.29, 0.717) is 10.8 Å². The highest BCUT2D eigenvalue weighted by Crippen LogP contribution is 2.61. The SMILES string of the molecule is CC.CCC(C)(C)C1CC(C)(C)CC2(CCC2)C1. The smallest absolute Gasteiger partial charge is 0.0290 e. The quantitative estimate of drug-likeness (QED) is 0.530. The molecule has 2 saturated carbocycles. The lowest BCUT2D eigenvalue weighted by atomic mass is 9.49. The molecule has 0 aliphatic heterocycles. The number of hydrogen-bond acceptors (Lipinski definition) is 0. The molecule has 0 saturated heterocycles. The van der Waals surface area contributed by atoms with Gasteiger partial charge in [0.15, 0.2) is 0 Å². The average molecular weight is 252 g/mol. The van der Waals surface area contributed by atoms with Crippen LogP contribution in [-0.4, -0.2) is 0 Å². The Morgan fingerprint density at radius 3 is 2.00 bits per heavy atom. The van der Waals surface area contributed by atoms with Crippen LogP contribution in [0.5, 0.6) is 0 Å². The van der Waals surface area contributed by atoms with E-state index in [1.165, 1.54) is 44.9 Å². The molecule has 0 aromatic heterocycles. The second-order valence-electron chi connectivity index (χ2n) is 8.14. The predicted molar refractivity (Wildman–Crippen MR) is 82.8 cm³/mol. The van der Waals surface area contributed by atoms with Crippen molar-refractivity contribution in [1.29, 1.82) is 0 Å². The summed E-state index contributed by atoms with van der Waals surface area (Å²) in [5.41, 5.74) is 1.91. The molecule has 108 valence electrons. The highest BCUT2D eigenvalue weighted by molar-refractivity contribution is 5.00. The molecule has 0 nitrogen and oxygen atoms in total. The molecule has 1 atom stereocenters. The number of rotatable bonds is 2. The van der Waals surface area contributed by atoms with Gasteiger partial charge < -0.3 is 0 Å². The molecule has 0 bridgehead atoms. The van der Waals surface area contributed by atoms with E-state index in [9.17, 15) is 0 Å². The van der Waals surface area contributed by atoms with E-state index in [4.69, 9.17) is 0 Å². The van der Waals surface area contributed by atoms with Crippen molar-refractivity contribution in [3.63, 3.8) is 0 Å². The summed E-state index contributed by atoms with van der Waals surface area (Å²) in [6, 6.07) is 0. The summed E-state index contributed by atoms with van der Waals surface area (Å²) in [6.45, 7) is 16.4. The molecular formula is C18H36. The van der Waals surface area contributed by atoms with Gasteiger partial charge in [-0.15, -0.1) is 0 Å². The molecule has 2 rings (SSSR count). The molecular weight excluding hydrogens is 216 g/mol. The molecule has 1 unspecified atom stereocenters. The van der Waals surface area contributed by atoms with Crippen LogP contribution in [0.2, 0.25) is 0 Å². The van der Waals surface area contributed by atoms with E-state index >= 15 is 0 Å². The third-order valence-corrected chi connectivity index (χ3v) is 5.76. The van der Waals surface area contributed by atoms with Crippen LogP contribution in [0.3, 0.4) is 0 Å². The first kappa shape index (κ1) is 16.1. The Morgan fingerprint density at radius 2 is 1.61 bits per heavy atom. The lowest BCUT2D eigenvalue weighted by Gasteiger charge is -2.56. The summed E-state index contributed by atoms with van der Waals surface area (Å²) in [4.78, 5) is 0. The van der Waals surface area contributed by atoms with Crippen molar-refractivity contribution in [2.75, 3.05) is 0 Å².